The van der Waals surface area contributed by atoms with Gasteiger partial charge in [0, 0.05) is 13.0 Å². The van der Waals surface area contributed by atoms with Gasteiger partial charge in [-0.05, 0) is 12.8 Å². The van der Waals surface area contributed by atoms with Crippen LogP contribution in [0.4, 0.5) is 0 Å². The van der Waals surface area contributed by atoms with Gasteiger partial charge in [0.15, 0.2) is 0 Å². The number of methoxy groups -OCH3 is 1. The molecule has 0 aromatic heterocycles. The van der Waals surface area contributed by atoms with E-state index in [-0.39, 0.29) is 31.7 Å². The van der Waals surface area contributed by atoms with Crippen molar-refractivity contribution in [3.05, 3.63) is 0 Å². The van der Waals surface area contributed by atoms with Crippen molar-refractivity contribution in [3.63, 3.8) is 0 Å². The quantitative estimate of drug-likeness (QED) is 0.564. The van der Waals surface area contributed by atoms with Crippen LogP contribution in [-0.2, 0) is 24.3 Å². The third-order valence-corrected chi connectivity index (χ3v) is 4.40. The molecule has 0 spiro atoms. The van der Waals surface area contributed by atoms with Gasteiger partial charge in [0.1, 0.15) is 0 Å². The Kier molecular flexibility index (Phi) is 8.33. The van der Waals surface area contributed by atoms with Crippen LogP contribution in [0.3, 0.4) is 0 Å². The normalized spacial score (nSPS) is 11.5. The molecule has 112 valence electrons. The number of sulfonamides is 1. The molecule has 2 N–H and O–H groups in total. The number of ether oxygens (including phenoxy) is 1. The zero-order valence-corrected chi connectivity index (χ0v) is 12.2. The largest absolute Gasteiger partial charge is 0.469 e. The van der Waals surface area contributed by atoms with Crippen LogP contribution >= 0.6 is 0 Å². The van der Waals surface area contributed by atoms with E-state index in [2.05, 4.69) is 4.74 Å². The second kappa shape index (κ2) is 8.87. The number of carbonyl (C=O) groups excluding carboxylic acids is 2. The number of primary amides is 1. The Morgan fingerprint density at radius 1 is 1.26 bits per heavy atom. The highest BCUT2D eigenvalue weighted by molar-refractivity contribution is 7.89. The number of unbranched alkanes of at least 4 members (excludes halogenated alkanes) is 1. The molecule has 7 nitrogen and oxygen atoms in total. The lowest BCUT2D eigenvalue weighted by Gasteiger charge is -2.20. The number of hydrogen-bond acceptors (Lipinski definition) is 5. The van der Waals surface area contributed by atoms with Crippen LogP contribution in [0.25, 0.3) is 0 Å². The number of carbonyl (C=O) groups is 2. The zero-order chi connectivity index (χ0) is 14.9. The summed E-state index contributed by atoms with van der Waals surface area (Å²) < 4.78 is 29.5. The Balaban J connectivity index is 4.50. The minimum atomic E-state index is -3.57. The van der Waals surface area contributed by atoms with E-state index in [1.807, 2.05) is 6.92 Å². The van der Waals surface area contributed by atoms with E-state index in [4.69, 9.17) is 5.73 Å². The highest BCUT2D eigenvalue weighted by Gasteiger charge is 2.23. The summed E-state index contributed by atoms with van der Waals surface area (Å²) in [5.41, 5.74) is 5.04. The lowest BCUT2D eigenvalue weighted by molar-refractivity contribution is -0.140. The second-order valence-electron chi connectivity index (χ2n) is 4.15. The molecule has 0 aliphatic carbocycles. The summed E-state index contributed by atoms with van der Waals surface area (Å²) in [6, 6.07) is 0. The van der Waals surface area contributed by atoms with Gasteiger partial charge in [-0.15, -0.1) is 0 Å². The summed E-state index contributed by atoms with van der Waals surface area (Å²) in [5.74, 6) is -1.34. The fourth-order valence-corrected chi connectivity index (χ4v) is 2.95. The molecule has 0 radical (unpaired) electrons. The third kappa shape index (κ3) is 7.78. The van der Waals surface area contributed by atoms with Crippen molar-refractivity contribution in [1.82, 2.24) is 4.31 Å². The topological polar surface area (TPSA) is 107 Å². The van der Waals surface area contributed by atoms with Crippen LogP contribution in [0.2, 0.25) is 0 Å². The molecular formula is C11H22N2O5S. The fourth-order valence-electron chi connectivity index (χ4n) is 1.45. The van der Waals surface area contributed by atoms with Crippen LogP contribution in [0.1, 0.15) is 32.6 Å². The summed E-state index contributed by atoms with van der Waals surface area (Å²) in [6.07, 6.45) is 1.67. The van der Waals surface area contributed by atoms with Crippen molar-refractivity contribution in [2.45, 2.75) is 32.6 Å². The van der Waals surface area contributed by atoms with Crippen LogP contribution in [0.15, 0.2) is 0 Å². The minimum absolute atomic E-state index is 0.0356. The van der Waals surface area contributed by atoms with Crippen molar-refractivity contribution in [2.75, 3.05) is 26.0 Å². The molecule has 0 aromatic rings. The van der Waals surface area contributed by atoms with Gasteiger partial charge in [0.05, 0.1) is 19.4 Å². The molecule has 0 atom stereocenters. The van der Waals surface area contributed by atoms with E-state index in [1.54, 1.807) is 0 Å². The molecule has 0 saturated carbocycles. The van der Waals surface area contributed by atoms with E-state index in [0.717, 1.165) is 10.7 Å². The molecule has 0 aliphatic heterocycles. The molecule has 0 aliphatic rings. The van der Waals surface area contributed by atoms with Crippen molar-refractivity contribution in [2.24, 2.45) is 5.73 Å². The number of esters is 1. The average molecular weight is 294 g/mol. The lowest BCUT2D eigenvalue weighted by Crippen LogP contribution is -2.40. The van der Waals surface area contributed by atoms with Gasteiger partial charge >= 0.3 is 5.97 Å². The molecule has 0 saturated heterocycles. The molecule has 0 bridgehead atoms. The van der Waals surface area contributed by atoms with Gasteiger partial charge in [0.2, 0.25) is 15.9 Å². The smallest absolute Gasteiger partial charge is 0.305 e. The number of nitrogens with two attached hydrogens (primary N) is 1. The standard InChI is InChI=1S/C11H22N2O5S/c1-3-4-7-13(9-10(12)14)19(16,17)8-5-6-11(15)18-2/h3-9H2,1-2H3,(H2,12,14). The van der Waals surface area contributed by atoms with Gasteiger partial charge in [0.25, 0.3) is 0 Å². The van der Waals surface area contributed by atoms with Crippen molar-refractivity contribution >= 4 is 21.9 Å². The molecular weight excluding hydrogens is 272 g/mol. The molecule has 8 heteroatoms. The first-order valence-electron chi connectivity index (χ1n) is 6.16. The third-order valence-electron chi connectivity index (χ3n) is 2.50. The Labute approximate surface area is 114 Å². The molecule has 19 heavy (non-hydrogen) atoms. The maximum atomic E-state index is 12.0. The summed E-state index contributed by atoms with van der Waals surface area (Å²) in [6.45, 7) is 1.87. The van der Waals surface area contributed by atoms with Gasteiger partial charge < -0.3 is 10.5 Å². The molecule has 0 fully saturated rings. The maximum Gasteiger partial charge on any atom is 0.305 e. The molecule has 1 amide bonds. The van der Waals surface area contributed by atoms with Crippen molar-refractivity contribution in [3.8, 4) is 0 Å². The molecule has 0 heterocycles. The first kappa shape index (κ1) is 17.8. The van der Waals surface area contributed by atoms with Crippen molar-refractivity contribution in [1.29, 1.82) is 0 Å². The van der Waals surface area contributed by atoms with E-state index in [1.165, 1.54) is 7.11 Å². The van der Waals surface area contributed by atoms with Gasteiger partial charge in [-0.3, -0.25) is 9.59 Å². The zero-order valence-electron chi connectivity index (χ0n) is 11.4. The predicted molar refractivity (Wildman–Crippen MR) is 70.7 cm³/mol. The first-order valence-corrected chi connectivity index (χ1v) is 7.77. The second-order valence-corrected chi connectivity index (χ2v) is 6.24. The highest BCUT2D eigenvalue weighted by atomic mass is 32.2. The maximum absolute atomic E-state index is 12.0. The Morgan fingerprint density at radius 2 is 1.89 bits per heavy atom. The van der Waals surface area contributed by atoms with E-state index in [0.29, 0.717) is 6.42 Å². The SMILES string of the molecule is CCCCN(CC(N)=O)S(=O)(=O)CCCC(=O)OC. The number of nitrogens with zero attached hydrogens (tertiary/aromatic N) is 1. The fraction of sp³-hybridized carbons (Fsp3) is 0.818. The van der Waals surface area contributed by atoms with Crippen molar-refractivity contribution < 1.29 is 22.7 Å². The number of rotatable bonds is 10. The van der Waals surface area contributed by atoms with Gasteiger partial charge in [-0.1, -0.05) is 13.3 Å². The summed E-state index contributed by atoms with van der Waals surface area (Å²) in [5, 5.41) is 0. The van der Waals surface area contributed by atoms with E-state index in [9.17, 15) is 18.0 Å². The summed E-state index contributed by atoms with van der Waals surface area (Å²) >= 11 is 0. The highest BCUT2D eigenvalue weighted by Crippen LogP contribution is 2.07. The summed E-state index contributed by atoms with van der Waals surface area (Å²) in [7, 11) is -2.32. The molecule has 0 unspecified atom stereocenters. The van der Waals surface area contributed by atoms with Gasteiger partial charge in [-0.25, -0.2) is 8.42 Å². The van der Waals surface area contributed by atoms with Crippen LogP contribution in [0.5, 0.6) is 0 Å². The van der Waals surface area contributed by atoms with Crippen LogP contribution < -0.4 is 5.73 Å². The number of amides is 1. The van der Waals surface area contributed by atoms with Crippen LogP contribution in [0, 0.1) is 0 Å². The Bertz CT molecular complexity index is 394. The lowest BCUT2D eigenvalue weighted by atomic mass is 10.3. The Hall–Kier alpha value is -1.15. The first-order chi connectivity index (χ1) is 8.83. The molecule has 0 rings (SSSR count). The average Bonchev–Trinajstić information content (AvgIpc) is 2.33. The monoisotopic (exact) mass is 294 g/mol. The van der Waals surface area contributed by atoms with E-state index < -0.39 is 21.9 Å². The van der Waals surface area contributed by atoms with Gasteiger partial charge in [-0.2, -0.15) is 4.31 Å². The number of hydrogen-bond donors (Lipinski definition) is 1. The minimum Gasteiger partial charge on any atom is -0.469 e. The Morgan fingerprint density at radius 3 is 2.37 bits per heavy atom. The van der Waals surface area contributed by atoms with E-state index >= 15 is 0 Å². The predicted octanol–water partition coefficient (Wildman–Crippen LogP) is -0.143. The van der Waals surface area contributed by atoms with Crippen LogP contribution in [-0.4, -0.2) is 50.6 Å². The summed E-state index contributed by atoms with van der Waals surface area (Å²) in [4.78, 5) is 21.8. The molecule has 0 aromatic carbocycles.